The molecule has 1 atom stereocenters. The molecule has 1 unspecified atom stereocenters. The van der Waals surface area contributed by atoms with Crippen LogP contribution in [-0.4, -0.2) is 35.4 Å². The predicted octanol–water partition coefficient (Wildman–Crippen LogP) is 3.03. The lowest BCUT2D eigenvalue weighted by molar-refractivity contribution is -0.486. The molecular weight excluding hydrogens is 244 g/mol. The minimum atomic E-state index is -0.325. The van der Waals surface area contributed by atoms with E-state index in [1.54, 1.807) is 11.0 Å². The van der Waals surface area contributed by atoms with Crippen molar-refractivity contribution in [3.8, 4) is 0 Å². The second kappa shape index (κ2) is 11.7. The Labute approximate surface area is 115 Å². The third-order valence-corrected chi connectivity index (χ3v) is 3.18. The van der Waals surface area contributed by atoms with Crippen LogP contribution in [0.15, 0.2) is 12.7 Å². The van der Waals surface area contributed by atoms with Gasteiger partial charge in [-0.1, -0.05) is 38.7 Å². The quantitative estimate of drug-likeness (QED) is 0.170. The highest BCUT2D eigenvalue weighted by molar-refractivity contribution is 5.47. The Bertz CT molecular complexity index is 269. The van der Waals surface area contributed by atoms with E-state index in [2.05, 4.69) is 13.5 Å². The van der Waals surface area contributed by atoms with Crippen LogP contribution in [0.1, 0.15) is 51.9 Å². The summed E-state index contributed by atoms with van der Waals surface area (Å²) < 4.78 is 0. The van der Waals surface area contributed by atoms with Crippen LogP contribution in [0.25, 0.3) is 0 Å². The molecule has 0 aromatic heterocycles. The SMILES string of the molecule is C=CCCCN(C=O)C(CCCCCC)C[N+](=O)[O-]. The van der Waals surface area contributed by atoms with Gasteiger partial charge in [-0.3, -0.25) is 14.9 Å². The summed E-state index contributed by atoms with van der Waals surface area (Å²) in [6, 6.07) is -0.269. The van der Waals surface area contributed by atoms with Crippen molar-refractivity contribution in [1.29, 1.82) is 0 Å². The summed E-state index contributed by atoms with van der Waals surface area (Å²) in [6.45, 7) is 6.18. The summed E-state index contributed by atoms with van der Waals surface area (Å²) in [7, 11) is 0. The number of carbonyl (C=O) groups is 1. The molecule has 5 nitrogen and oxygen atoms in total. The van der Waals surface area contributed by atoms with Crippen molar-refractivity contribution in [2.75, 3.05) is 13.1 Å². The van der Waals surface area contributed by atoms with Crippen LogP contribution >= 0.6 is 0 Å². The van der Waals surface area contributed by atoms with E-state index in [1.807, 2.05) is 0 Å². The van der Waals surface area contributed by atoms with Gasteiger partial charge in [-0.2, -0.15) is 0 Å². The van der Waals surface area contributed by atoms with E-state index in [4.69, 9.17) is 0 Å². The fraction of sp³-hybridized carbons (Fsp3) is 0.786. The van der Waals surface area contributed by atoms with Crippen molar-refractivity contribution in [3.05, 3.63) is 22.8 Å². The van der Waals surface area contributed by atoms with E-state index in [0.29, 0.717) is 13.0 Å². The highest BCUT2D eigenvalue weighted by atomic mass is 16.6. The van der Waals surface area contributed by atoms with Crippen molar-refractivity contribution < 1.29 is 9.72 Å². The van der Waals surface area contributed by atoms with E-state index in [1.165, 1.54) is 0 Å². The number of nitro groups is 1. The summed E-state index contributed by atoms with van der Waals surface area (Å²) >= 11 is 0. The van der Waals surface area contributed by atoms with Crippen LogP contribution in [0.2, 0.25) is 0 Å². The Kier molecular flexibility index (Phi) is 10.8. The van der Waals surface area contributed by atoms with E-state index in [-0.39, 0.29) is 17.5 Å². The molecule has 0 spiro atoms. The van der Waals surface area contributed by atoms with Gasteiger partial charge in [0.15, 0.2) is 0 Å². The minimum absolute atomic E-state index is 0.154. The van der Waals surface area contributed by atoms with E-state index in [9.17, 15) is 14.9 Å². The molecule has 110 valence electrons. The first-order chi connectivity index (χ1) is 9.15. The molecule has 0 rings (SSSR count). The summed E-state index contributed by atoms with van der Waals surface area (Å²) in [5.74, 6) is 0. The second-order valence-corrected chi connectivity index (χ2v) is 4.79. The zero-order valence-electron chi connectivity index (χ0n) is 11.9. The molecule has 0 aliphatic heterocycles. The van der Waals surface area contributed by atoms with E-state index < -0.39 is 0 Å². The fourth-order valence-corrected chi connectivity index (χ4v) is 2.08. The molecule has 0 aromatic rings. The number of carbonyl (C=O) groups excluding carboxylic acids is 1. The van der Waals surface area contributed by atoms with Crippen LogP contribution in [0.4, 0.5) is 0 Å². The van der Waals surface area contributed by atoms with Gasteiger partial charge in [0.1, 0.15) is 0 Å². The van der Waals surface area contributed by atoms with Gasteiger partial charge in [-0.05, 0) is 19.3 Å². The maximum absolute atomic E-state index is 11.1. The Morgan fingerprint density at radius 2 is 2.05 bits per heavy atom. The van der Waals surface area contributed by atoms with Crippen molar-refractivity contribution in [1.82, 2.24) is 4.90 Å². The Hall–Kier alpha value is -1.39. The molecule has 0 aromatic carbocycles. The Morgan fingerprint density at radius 3 is 2.58 bits per heavy atom. The molecule has 0 heterocycles. The summed E-state index contributed by atoms with van der Waals surface area (Å²) in [4.78, 5) is 23.0. The molecule has 0 radical (unpaired) electrons. The highest BCUT2D eigenvalue weighted by Gasteiger charge is 2.21. The first kappa shape index (κ1) is 17.6. The molecule has 0 bridgehead atoms. The van der Waals surface area contributed by atoms with Crippen LogP contribution < -0.4 is 0 Å². The van der Waals surface area contributed by atoms with Crippen LogP contribution in [-0.2, 0) is 4.79 Å². The first-order valence-corrected chi connectivity index (χ1v) is 7.09. The van der Waals surface area contributed by atoms with Gasteiger partial charge in [-0.15, -0.1) is 6.58 Å². The lowest BCUT2D eigenvalue weighted by Crippen LogP contribution is -2.40. The Morgan fingerprint density at radius 1 is 1.32 bits per heavy atom. The normalized spacial score (nSPS) is 11.8. The molecule has 0 fully saturated rings. The number of rotatable bonds is 13. The van der Waals surface area contributed by atoms with Gasteiger partial charge in [-0.25, -0.2) is 0 Å². The summed E-state index contributed by atoms with van der Waals surface area (Å²) in [5, 5.41) is 10.7. The predicted molar refractivity (Wildman–Crippen MR) is 76.6 cm³/mol. The van der Waals surface area contributed by atoms with Crippen molar-refractivity contribution in [3.63, 3.8) is 0 Å². The van der Waals surface area contributed by atoms with Gasteiger partial charge < -0.3 is 4.90 Å². The van der Waals surface area contributed by atoms with Gasteiger partial charge in [0.25, 0.3) is 0 Å². The zero-order chi connectivity index (χ0) is 14.5. The van der Waals surface area contributed by atoms with Crippen molar-refractivity contribution >= 4 is 6.41 Å². The molecule has 1 amide bonds. The van der Waals surface area contributed by atoms with Crippen LogP contribution in [0, 0.1) is 10.1 Å². The third-order valence-electron chi connectivity index (χ3n) is 3.18. The van der Waals surface area contributed by atoms with Crippen molar-refractivity contribution in [2.45, 2.75) is 57.9 Å². The van der Waals surface area contributed by atoms with Gasteiger partial charge >= 0.3 is 0 Å². The lowest BCUT2D eigenvalue weighted by atomic mass is 10.1. The minimum Gasteiger partial charge on any atom is -0.336 e. The maximum atomic E-state index is 11.1. The fourth-order valence-electron chi connectivity index (χ4n) is 2.08. The second-order valence-electron chi connectivity index (χ2n) is 4.79. The highest BCUT2D eigenvalue weighted by Crippen LogP contribution is 2.11. The van der Waals surface area contributed by atoms with Crippen molar-refractivity contribution in [2.24, 2.45) is 0 Å². The number of allylic oxidation sites excluding steroid dienone is 1. The molecule has 5 heteroatoms. The lowest BCUT2D eigenvalue weighted by Gasteiger charge is -2.25. The number of amides is 1. The standard InChI is InChI=1S/C14H26N2O3/c1-3-5-7-8-10-14(12-16(18)19)15(13-17)11-9-6-4-2/h4,13-14H,2-3,5-12H2,1H3. The molecule has 0 aliphatic carbocycles. The number of unbranched alkanes of at least 4 members (excludes halogenated alkanes) is 4. The largest absolute Gasteiger partial charge is 0.336 e. The number of nitrogens with zero attached hydrogens (tertiary/aromatic N) is 2. The maximum Gasteiger partial charge on any atom is 0.223 e. The molecule has 0 saturated heterocycles. The van der Waals surface area contributed by atoms with Gasteiger partial charge in [0.05, 0.1) is 6.04 Å². The van der Waals surface area contributed by atoms with E-state index in [0.717, 1.165) is 44.9 Å². The molecule has 0 N–H and O–H groups in total. The number of hydrogen-bond donors (Lipinski definition) is 0. The third kappa shape index (κ3) is 9.22. The summed E-state index contributed by atoms with van der Waals surface area (Å²) in [6.07, 6.45) is 9.19. The summed E-state index contributed by atoms with van der Waals surface area (Å²) in [5.41, 5.74) is 0. The number of hydrogen-bond acceptors (Lipinski definition) is 3. The van der Waals surface area contributed by atoms with Gasteiger partial charge in [0.2, 0.25) is 13.0 Å². The average Bonchev–Trinajstić information content (AvgIpc) is 2.38. The van der Waals surface area contributed by atoms with E-state index >= 15 is 0 Å². The van der Waals surface area contributed by atoms with Crippen LogP contribution in [0.3, 0.4) is 0 Å². The smallest absolute Gasteiger partial charge is 0.223 e. The monoisotopic (exact) mass is 270 g/mol. The molecule has 19 heavy (non-hydrogen) atoms. The Balaban J connectivity index is 4.28. The molecule has 0 saturated carbocycles. The average molecular weight is 270 g/mol. The zero-order valence-corrected chi connectivity index (χ0v) is 11.9. The molecule has 0 aliphatic rings. The van der Waals surface area contributed by atoms with Crippen LogP contribution in [0.5, 0.6) is 0 Å². The molecular formula is C14H26N2O3. The van der Waals surface area contributed by atoms with Gasteiger partial charge in [0, 0.05) is 11.5 Å². The first-order valence-electron chi connectivity index (χ1n) is 7.09. The topological polar surface area (TPSA) is 63.5 Å².